The molecule has 0 spiro atoms. The quantitative estimate of drug-likeness (QED) is 0.809. The van der Waals surface area contributed by atoms with Crippen molar-refractivity contribution in [1.82, 2.24) is 10.4 Å². The number of aryl methyl sites for hydroxylation is 1. The van der Waals surface area contributed by atoms with Gasteiger partial charge in [0.05, 0.1) is 6.54 Å². The highest BCUT2D eigenvalue weighted by molar-refractivity contribution is 6.06. The number of anilines is 1. The van der Waals surface area contributed by atoms with Gasteiger partial charge in [0.2, 0.25) is 0 Å². The molecule has 1 aromatic carbocycles. The number of rotatable bonds is 1. The van der Waals surface area contributed by atoms with E-state index in [0.29, 0.717) is 24.4 Å². The minimum atomic E-state index is -0.244. The van der Waals surface area contributed by atoms with Crippen LogP contribution in [0.4, 0.5) is 10.1 Å². The summed E-state index contributed by atoms with van der Waals surface area (Å²) in [7, 11) is 0. The van der Waals surface area contributed by atoms with Crippen LogP contribution in [0.5, 0.6) is 0 Å². The number of amides is 1. The van der Waals surface area contributed by atoms with E-state index in [1.165, 1.54) is 6.07 Å². The molecular weight excluding hydrogens is 233 g/mol. The van der Waals surface area contributed by atoms with Crippen molar-refractivity contribution in [2.45, 2.75) is 6.92 Å². The standard InChI is InChI=1S/C13H14FN3O/c1-9-8-10(2-3-11(9)14)16-6-7-17-12(13(16)18)4-5-15-17/h2-4,8,15H,5-7H2,1H3. The lowest BCUT2D eigenvalue weighted by Gasteiger charge is -2.34. The maximum atomic E-state index is 13.2. The Balaban J connectivity index is 1.92. The van der Waals surface area contributed by atoms with Crippen molar-refractivity contribution in [3.63, 3.8) is 0 Å². The van der Waals surface area contributed by atoms with E-state index in [2.05, 4.69) is 5.43 Å². The largest absolute Gasteiger partial charge is 0.305 e. The average Bonchev–Trinajstić information content (AvgIpc) is 2.83. The van der Waals surface area contributed by atoms with E-state index in [9.17, 15) is 9.18 Å². The molecule has 2 heterocycles. The van der Waals surface area contributed by atoms with Crippen LogP contribution in [0.2, 0.25) is 0 Å². The van der Waals surface area contributed by atoms with Crippen molar-refractivity contribution in [2.75, 3.05) is 24.5 Å². The fourth-order valence-electron chi connectivity index (χ4n) is 2.33. The molecule has 0 atom stereocenters. The molecule has 0 unspecified atom stereocenters. The Hall–Kier alpha value is -1.88. The summed E-state index contributed by atoms with van der Waals surface area (Å²) in [6, 6.07) is 4.77. The number of hydrogen-bond acceptors (Lipinski definition) is 3. The Morgan fingerprint density at radius 1 is 1.33 bits per heavy atom. The molecule has 1 N–H and O–H groups in total. The monoisotopic (exact) mass is 247 g/mol. The summed E-state index contributed by atoms with van der Waals surface area (Å²) in [6.07, 6.45) is 1.88. The number of benzene rings is 1. The Labute approximate surface area is 105 Å². The molecule has 2 aliphatic rings. The molecule has 5 heteroatoms. The second-order valence-electron chi connectivity index (χ2n) is 4.49. The minimum absolute atomic E-state index is 0.0303. The number of nitrogens with one attached hydrogen (secondary N) is 1. The van der Waals surface area contributed by atoms with E-state index in [0.717, 1.165) is 12.2 Å². The Bertz CT molecular complexity index is 541. The maximum absolute atomic E-state index is 13.2. The highest BCUT2D eigenvalue weighted by Gasteiger charge is 2.32. The zero-order valence-electron chi connectivity index (χ0n) is 10.1. The van der Waals surface area contributed by atoms with E-state index in [1.807, 2.05) is 11.1 Å². The second-order valence-corrected chi connectivity index (χ2v) is 4.49. The lowest BCUT2D eigenvalue weighted by Crippen LogP contribution is -2.50. The van der Waals surface area contributed by atoms with Crippen LogP contribution >= 0.6 is 0 Å². The summed E-state index contributed by atoms with van der Waals surface area (Å²) in [4.78, 5) is 14.0. The number of hydrogen-bond donors (Lipinski definition) is 1. The number of carbonyl (C=O) groups excluding carboxylic acids is 1. The number of carbonyl (C=O) groups is 1. The smallest absolute Gasteiger partial charge is 0.275 e. The average molecular weight is 247 g/mol. The van der Waals surface area contributed by atoms with E-state index < -0.39 is 0 Å². The Morgan fingerprint density at radius 2 is 2.17 bits per heavy atom. The van der Waals surface area contributed by atoms with E-state index >= 15 is 0 Å². The first-order valence-electron chi connectivity index (χ1n) is 5.96. The van der Waals surface area contributed by atoms with Gasteiger partial charge in [-0.3, -0.25) is 4.79 Å². The Kier molecular flexibility index (Phi) is 2.56. The van der Waals surface area contributed by atoms with Gasteiger partial charge in [0.25, 0.3) is 5.91 Å². The lowest BCUT2D eigenvalue weighted by atomic mass is 10.1. The second kappa shape index (κ2) is 4.10. The maximum Gasteiger partial charge on any atom is 0.275 e. The summed E-state index contributed by atoms with van der Waals surface area (Å²) < 4.78 is 13.2. The van der Waals surface area contributed by atoms with Gasteiger partial charge in [0.1, 0.15) is 11.5 Å². The van der Waals surface area contributed by atoms with Crippen molar-refractivity contribution >= 4 is 11.6 Å². The van der Waals surface area contributed by atoms with Gasteiger partial charge < -0.3 is 9.91 Å². The molecule has 1 fully saturated rings. The first-order valence-corrected chi connectivity index (χ1v) is 5.96. The predicted octanol–water partition coefficient (Wildman–Crippen LogP) is 1.18. The summed E-state index contributed by atoms with van der Waals surface area (Å²) in [6.45, 7) is 3.75. The predicted molar refractivity (Wildman–Crippen MR) is 66.3 cm³/mol. The topological polar surface area (TPSA) is 35.6 Å². The van der Waals surface area contributed by atoms with Gasteiger partial charge in [0, 0.05) is 18.8 Å². The van der Waals surface area contributed by atoms with Crippen LogP contribution in [0.15, 0.2) is 30.0 Å². The first-order chi connectivity index (χ1) is 8.66. The summed E-state index contributed by atoms with van der Waals surface area (Å²) in [5.41, 5.74) is 5.11. The molecule has 3 rings (SSSR count). The number of nitrogens with zero attached hydrogens (tertiary/aromatic N) is 2. The molecule has 0 aromatic heterocycles. The molecule has 1 aromatic rings. The molecule has 0 radical (unpaired) electrons. The van der Waals surface area contributed by atoms with Gasteiger partial charge in [-0.2, -0.15) is 0 Å². The number of piperazine rings is 1. The molecule has 2 aliphatic heterocycles. The van der Waals surface area contributed by atoms with Crippen molar-refractivity contribution in [3.05, 3.63) is 41.4 Å². The van der Waals surface area contributed by atoms with E-state index in [1.54, 1.807) is 24.0 Å². The molecule has 1 saturated heterocycles. The molecule has 0 saturated carbocycles. The van der Waals surface area contributed by atoms with E-state index in [4.69, 9.17) is 0 Å². The van der Waals surface area contributed by atoms with Crippen molar-refractivity contribution in [2.24, 2.45) is 0 Å². The van der Waals surface area contributed by atoms with Crippen LogP contribution in [0.3, 0.4) is 0 Å². The Morgan fingerprint density at radius 3 is 2.94 bits per heavy atom. The van der Waals surface area contributed by atoms with Gasteiger partial charge in [-0.05, 0) is 36.8 Å². The normalized spacial score (nSPS) is 19.0. The first kappa shape index (κ1) is 11.2. The van der Waals surface area contributed by atoms with Gasteiger partial charge in [-0.1, -0.05) is 0 Å². The summed E-state index contributed by atoms with van der Waals surface area (Å²) >= 11 is 0. The molecule has 0 aliphatic carbocycles. The highest BCUT2D eigenvalue weighted by Crippen LogP contribution is 2.24. The summed E-state index contributed by atoms with van der Waals surface area (Å²) in [5, 5.41) is 1.87. The van der Waals surface area contributed by atoms with Crippen molar-refractivity contribution < 1.29 is 9.18 Å². The molecule has 1 amide bonds. The van der Waals surface area contributed by atoms with Crippen molar-refractivity contribution in [3.8, 4) is 0 Å². The SMILES string of the molecule is Cc1cc(N2CCN3NCC=C3C2=O)ccc1F. The summed E-state index contributed by atoms with van der Waals surface area (Å²) in [5.74, 6) is -0.274. The van der Waals surface area contributed by atoms with Crippen LogP contribution in [0.1, 0.15) is 5.56 Å². The fourth-order valence-corrected chi connectivity index (χ4v) is 2.33. The fraction of sp³-hybridized carbons (Fsp3) is 0.308. The molecule has 94 valence electrons. The lowest BCUT2D eigenvalue weighted by molar-refractivity contribution is -0.118. The third-order valence-corrected chi connectivity index (χ3v) is 3.33. The van der Waals surface area contributed by atoms with Crippen LogP contribution in [-0.4, -0.2) is 30.6 Å². The van der Waals surface area contributed by atoms with Crippen LogP contribution in [0, 0.1) is 12.7 Å². The minimum Gasteiger partial charge on any atom is -0.305 e. The van der Waals surface area contributed by atoms with Gasteiger partial charge >= 0.3 is 0 Å². The highest BCUT2D eigenvalue weighted by atomic mass is 19.1. The molecule has 4 nitrogen and oxygen atoms in total. The van der Waals surface area contributed by atoms with Gasteiger partial charge in [0.15, 0.2) is 0 Å². The van der Waals surface area contributed by atoms with Gasteiger partial charge in [-0.25, -0.2) is 9.82 Å². The third-order valence-electron chi connectivity index (χ3n) is 3.33. The number of fused-ring (bicyclic) bond motifs is 1. The van der Waals surface area contributed by atoms with Crippen molar-refractivity contribution in [1.29, 1.82) is 0 Å². The van der Waals surface area contributed by atoms with Crippen LogP contribution < -0.4 is 10.3 Å². The number of halogens is 1. The van der Waals surface area contributed by atoms with Crippen LogP contribution in [0.25, 0.3) is 0 Å². The zero-order valence-corrected chi connectivity index (χ0v) is 10.1. The van der Waals surface area contributed by atoms with Crippen LogP contribution in [-0.2, 0) is 4.79 Å². The molecular formula is C13H14FN3O. The third kappa shape index (κ3) is 1.67. The zero-order chi connectivity index (χ0) is 12.7. The number of hydrazine groups is 1. The van der Waals surface area contributed by atoms with Gasteiger partial charge in [-0.15, -0.1) is 0 Å². The molecule has 0 bridgehead atoms. The molecule has 18 heavy (non-hydrogen) atoms. The van der Waals surface area contributed by atoms with E-state index in [-0.39, 0.29) is 11.7 Å².